The van der Waals surface area contributed by atoms with Crippen LogP contribution in [-0.2, 0) is 0 Å². The Morgan fingerprint density at radius 1 is 1.47 bits per heavy atom. The van der Waals surface area contributed by atoms with Gasteiger partial charge in [0.2, 0.25) is 0 Å². The number of para-hydroxylation sites is 2. The van der Waals surface area contributed by atoms with Crippen LogP contribution in [0.4, 0.5) is 11.4 Å². The van der Waals surface area contributed by atoms with Crippen molar-refractivity contribution in [1.82, 2.24) is 0 Å². The SMILES string of the molecule is O=[N+]([O-])c1ccccc1N1CC(CO)C1. The number of nitro groups is 1. The Labute approximate surface area is 87.1 Å². The third kappa shape index (κ3) is 1.78. The average molecular weight is 208 g/mol. The fraction of sp³-hybridized carbons (Fsp3) is 0.400. The molecule has 1 aliphatic rings. The summed E-state index contributed by atoms with van der Waals surface area (Å²) in [5.74, 6) is 0.254. The van der Waals surface area contributed by atoms with Crippen molar-refractivity contribution in [2.45, 2.75) is 0 Å². The molecule has 1 aliphatic heterocycles. The van der Waals surface area contributed by atoms with Crippen LogP contribution in [-0.4, -0.2) is 29.7 Å². The molecule has 1 aromatic rings. The van der Waals surface area contributed by atoms with Gasteiger partial charge in [-0.3, -0.25) is 10.1 Å². The predicted octanol–water partition coefficient (Wildman–Crippen LogP) is 1.02. The van der Waals surface area contributed by atoms with Crippen LogP contribution in [0.25, 0.3) is 0 Å². The van der Waals surface area contributed by atoms with Gasteiger partial charge in [0, 0.05) is 31.7 Å². The van der Waals surface area contributed by atoms with Gasteiger partial charge in [-0.1, -0.05) is 12.1 Å². The summed E-state index contributed by atoms with van der Waals surface area (Å²) in [7, 11) is 0. The first-order valence-electron chi connectivity index (χ1n) is 4.81. The summed E-state index contributed by atoms with van der Waals surface area (Å²) in [5, 5.41) is 19.6. The molecule has 0 unspecified atom stereocenters. The third-order valence-corrected chi connectivity index (χ3v) is 2.63. The highest BCUT2D eigenvalue weighted by Crippen LogP contribution is 2.32. The van der Waals surface area contributed by atoms with E-state index in [9.17, 15) is 10.1 Å². The highest BCUT2D eigenvalue weighted by molar-refractivity contribution is 5.64. The van der Waals surface area contributed by atoms with Crippen LogP contribution in [0.5, 0.6) is 0 Å². The fourth-order valence-electron chi connectivity index (χ4n) is 1.77. The largest absolute Gasteiger partial charge is 0.396 e. The molecule has 5 heteroatoms. The summed E-state index contributed by atoms with van der Waals surface area (Å²) in [6, 6.07) is 6.69. The maximum atomic E-state index is 10.7. The minimum Gasteiger partial charge on any atom is -0.396 e. The first-order chi connectivity index (χ1) is 7.22. The zero-order valence-corrected chi connectivity index (χ0v) is 8.17. The second kappa shape index (κ2) is 3.86. The molecule has 1 aromatic carbocycles. The van der Waals surface area contributed by atoms with Crippen LogP contribution in [0.3, 0.4) is 0 Å². The molecule has 2 rings (SSSR count). The lowest BCUT2D eigenvalue weighted by Crippen LogP contribution is -2.48. The average Bonchev–Trinajstić information content (AvgIpc) is 2.16. The van der Waals surface area contributed by atoms with Gasteiger partial charge in [0.1, 0.15) is 5.69 Å². The quantitative estimate of drug-likeness (QED) is 0.595. The Bertz CT molecular complexity index is 375. The van der Waals surface area contributed by atoms with E-state index < -0.39 is 0 Å². The number of aliphatic hydroxyl groups excluding tert-OH is 1. The van der Waals surface area contributed by atoms with Gasteiger partial charge in [-0.25, -0.2) is 0 Å². The van der Waals surface area contributed by atoms with Crippen LogP contribution in [0.15, 0.2) is 24.3 Å². The summed E-state index contributed by atoms with van der Waals surface area (Å²) in [6.07, 6.45) is 0. The maximum absolute atomic E-state index is 10.7. The van der Waals surface area contributed by atoms with E-state index in [1.807, 2.05) is 4.90 Å². The first-order valence-corrected chi connectivity index (χ1v) is 4.81. The topological polar surface area (TPSA) is 66.6 Å². The van der Waals surface area contributed by atoms with E-state index in [-0.39, 0.29) is 23.1 Å². The third-order valence-electron chi connectivity index (χ3n) is 2.63. The molecule has 0 atom stereocenters. The van der Waals surface area contributed by atoms with Gasteiger partial charge in [-0.05, 0) is 6.07 Å². The molecule has 0 spiro atoms. The van der Waals surface area contributed by atoms with Gasteiger partial charge in [0.15, 0.2) is 0 Å². The molecule has 1 N–H and O–H groups in total. The van der Waals surface area contributed by atoms with Gasteiger partial charge in [0.25, 0.3) is 5.69 Å². The molecule has 0 aliphatic carbocycles. The highest BCUT2D eigenvalue weighted by atomic mass is 16.6. The molecular weight excluding hydrogens is 196 g/mol. The van der Waals surface area contributed by atoms with E-state index in [0.717, 1.165) is 0 Å². The van der Waals surface area contributed by atoms with E-state index in [0.29, 0.717) is 18.8 Å². The summed E-state index contributed by atoms with van der Waals surface area (Å²) in [5.41, 5.74) is 0.779. The molecule has 80 valence electrons. The molecule has 0 amide bonds. The number of aliphatic hydroxyl groups is 1. The molecule has 1 heterocycles. The lowest BCUT2D eigenvalue weighted by Gasteiger charge is -2.39. The van der Waals surface area contributed by atoms with Crippen LogP contribution in [0.1, 0.15) is 0 Å². The van der Waals surface area contributed by atoms with E-state index >= 15 is 0 Å². The lowest BCUT2D eigenvalue weighted by atomic mass is 10.00. The smallest absolute Gasteiger partial charge is 0.292 e. The summed E-state index contributed by atoms with van der Waals surface area (Å²) in [6.45, 7) is 1.54. The van der Waals surface area contributed by atoms with E-state index in [1.165, 1.54) is 6.07 Å². The van der Waals surface area contributed by atoms with Gasteiger partial charge >= 0.3 is 0 Å². The second-order valence-corrected chi connectivity index (χ2v) is 3.70. The summed E-state index contributed by atoms with van der Waals surface area (Å²) in [4.78, 5) is 12.3. The predicted molar refractivity (Wildman–Crippen MR) is 55.9 cm³/mol. The zero-order chi connectivity index (χ0) is 10.8. The Kier molecular flexibility index (Phi) is 2.55. The zero-order valence-electron chi connectivity index (χ0n) is 8.17. The molecule has 0 aromatic heterocycles. The van der Waals surface area contributed by atoms with Crippen LogP contribution in [0, 0.1) is 16.0 Å². The van der Waals surface area contributed by atoms with E-state index in [2.05, 4.69) is 0 Å². The van der Waals surface area contributed by atoms with Gasteiger partial charge in [-0.15, -0.1) is 0 Å². The Morgan fingerprint density at radius 3 is 2.73 bits per heavy atom. The first kappa shape index (κ1) is 9.92. The maximum Gasteiger partial charge on any atom is 0.292 e. The van der Waals surface area contributed by atoms with Crippen LogP contribution in [0.2, 0.25) is 0 Å². The molecule has 0 bridgehead atoms. The fourth-order valence-corrected chi connectivity index (χ4v) is 1.77. The number of nitro benzene ring substituents is 1. The number of anilines is 1. The standard InChI is InChI=1S/C10H12N2O3/c13-7-8-5-11(6-8)9-3-1-2-4-10(9)12(14)15/h1-4,8,13H,5-7H2. The van der Waals surface area contributed by atoms with Crippen molar-refractivity contribution in [3.05, 3.63) is 34.4 Å². The Hall–Kier alpha value is -1.62. The monoisotopic (exact) mass is 208 g/mol. The number of hydrogen-bond acceptors (Lipinski definition) is 4. The van der Waals surface area contributed by atoms with Crippen LogP contribution >= 0.6 is 0 Å². The van der Waals surface area contributed by atoms with Crippen molar-refractivity contribution in [2.75, 3.05) is 24.6 Å². The van der Waals surface area contributed by atoms with Crippen molar-refractivity contribution < 1.29 is 10.0 Å². The minimum absolute atomic E-state index is 0.133. The van der Waals surface area contributed by atoms with E-state index in [4.69, 9.17) is 5.11 Å². The molecule has 1 saturated heterocycles. The van der Waals surface area contributed by atoms with Gasteiger partial charge < -0.3 is 10.0 Å². The summed E-state index contributed by atoms with van der Waals surface area (Å²) < 4.78 is 0. The molecule has 0 radical (unpaired) electrons. The number of benzene rings is 1. The molecule has 5 nitrogen and oxygen atoms in total. The van der Waals surface area contributed by atoms with Crippen molar-refractivity contribution in [3.8, 4) is 0 Å². The Morgan fingerprint density at radius 2 is 2.13 bits per heavy atom. The number of hydrogen-bond donors (Lipinski definition) is 1. The van der Waals surface area contributed by atoms with Crippen LogP contribution < -0.4 is 4.90 Å². The van der Waals surface area contributed by atoms with Crippen molar-refractivity contribution in [3.63, 3.8) is 0 Å². The van der Waals surface area contributed by atoms with Crippen molar-refractivity contribution >= 4 is 11.4 Å². The van der Waals surface area contributed by atoms with E-state index in [1.54, 1.807) is 18.2 Å². The molecule has 0 saturated carbocycles. The van der Waals surface area contributed by atoms with Crippen molar-refractivity contribution in [2.24, 2.45) is 5.92 Å². The minimum atomic E-state index is -0.373. The molecular formula is C10H12N2O3. The molecule has 1 fully saturated rings. The molecule has 15 heavy (non-hydrogen) atoms. The summed E-state index contributed by atoms with van der Waals surface area (Å²) >= 11 is 0. The van der Waals surface area contributed by atoms with Gasteiger partial charge in [-0.2, -0.15) is 0 Å². The second-order valence-electron chi connectivity index (χ2n) is 3.70. The van der Waals surface area contributed by atoms with Gasteiger partial charge in [0.05, 0.1) is 4.92 Å². The van der Waals surface area contributed by atoms with Crippen molar-refractivity contribution in [1.29, 1.82) is 0 Å². The lowest BCUT2D eigenvalue weighted by molar-refractivity contribution is -0.384. The number of rotatable bonds is 3. The highest BCUT2D eigenvalue weighted by Gasteiger charge is 2.30. The normalized spacial score (nSPS) is 16.2. The number of nitrogens with zero attached hydrogens (tertiary/aromatic N) is 2. The Balaban J connectivity index is 2.18.